The molecule has 1 aromatic carbocycles. The Morgan fingerprint density at radius 1 is 1.41 bits per heavy atom. The molecule has 1 fully saturated rings. The minimum atomic E-state index is -0.144. The van der Waals surface area contributed by atoms with Crippen LogP contribution in [0.25, 0.3) is 0 Å². The highest BCUT2D eigenvalue weighted by atomic mass is 19.1. The predicted molar refractivity (Wildman–Crippen MR) is 68.3 cm³/mol. The first-order valence-electron chi connectivity index (χ1n) is 6.43. The molecule has 2 rings (SSSR count). The second-order valence-electron chi connectivity index (χ2n) is 4.94. The SMILES string of the molecule is Cc1ccc(C(CN)NC2CCCC2)cc1F. The molecule has 0 amide bonds. The fourth-order valence-corrected chi connectivity index (χ4v) is 2.50. The largest absolute Gasteiger partial charge is 0.329 e. The summed E-state index contributed by atoms with van der Waals surface area (Å²) < 4.78 is 13.5. The van der Waals surface area contributed by atoms with Crippen molar-refractivity contribution in [3.63, 3.8) is 0 Å². The zero-order valence-corrected chi connectivity index (χ0v) is 10.4. The van der Waals surface area contributed by atoms with Gasteiger partial charge < -0.3 is 11.1 Å². The van der Waals surface area contributed by atoms with E-state index in [2.05, 4.69) is 5.32 Å². The van der Waals surface area contributed by atoms with Gasteiger partial charge in [-0.15, -0.1) is 0 Å². The molecule has 3 heteroatoms. The molecule has 0 saturated heterocycles. The minimum absolute atomic E-state index is 0.0770. The smallest absolute Gasteiger partial charge is 0.126 e. The summed E-state index contributed by atoms with van der Waals surface area (Å²) in [5.41, 5.74) is 7.43. The van der Waals surface area contributed by atoms with E-state index in [0.717, 1.165) is 5.56 Å². The van der Waals surface area contributed by atoms with Gasteiger partial charge in [-0.25, -0.2) is 4.39 Å². The summed E-state index contributed by atoms with van der Waals surface area (Å²) >= 11 is 0. The van der Waals surface area contributed by atoms with E-state index in [4.69, 9.17) is 5.73 Å². The van der Waals surface area contributed by atoms with Gasteiger partial charge >= 0.3 is 0 Å². The van der Waals surface area contributed by atoms with Gasteiger partial charge in [0, 0.05) is 18.6 Å². The van der Waals surface area contributed by atoms with Crippen molar-refractivity contribution in [3.05, 3.63) is 35.1 Å². The van der Waals surface area contributed by atoms with Crippen LogP contribution in [0.2, 0.25) is 0 Å². The molecule has 17 heavy (non-hydrogen) atoms. The summed E-state index contributed by atoms with van der Waals surface area (Å²) in [5, 5.41) is 3.54. The van der Waals surface area contributed by atoms with Crippen molar-refractivity contribution < 1.29 is 4.39 Å². The third-order valence-electron chi connectivity index (χ3n) is 3.63. The van der Waals surface area contributed by atoms with Crippen molar-refractivity contribution in [3.8, 4) is 0 Å². The van der Waals surface area contributed by atoms with Crippen LogP contribution in [0.15, 0.2) is 18.2 Å². The van der Waals surface area contributed by atoms with Crippen LogP contribution in [0.4, 0.5) is 4.39 Å². The molecular weight excluding hydrogens is 215 g/mol. The predicted octanol–water partition coefficient (Wildman–Crippen LogP) is 2.67. The number of rotatable bonds is 4. The van der Waals surface area contributed by atoms with E-state index < -0.39 is 0 Å². The van der Waals surface area contributed by atoms with Gasteiger partial charge in [0.05, 0.1) is 0 Å². The van der Waals surface area contributed by atoms with Crippen molar-refractivity contribution >= 4 is 0 Å². The molecule has 1 atom stereocenters. The van der Waals surface area contributed by atoms with E-state index >= 15 is 0 Å². The van der Waals surface area contributed by atoms with E-state index in [1.165, 1.54) is 25.7 Å². The molecule has 0 bridgehead atoms. The Bertz CT molecular complexity index is 372. The Kier molecular flexibility index (Phi) is 4.13. The number of hydrogen-bond donors (Lipinski definition) is 2. The molecule has 1 unspecified atom stereocenters. The quantitative estimate of drug-likeness (QED) is 0.843. The number of nitrogens with two attached hydrogens (primary N) is 1. The number of aryl methyl sites for hydroxylation is 1. The molecular formula is C14H21FN2. The summed E-state index contributed by atoms with van der Waals surface area (Å²) in [6.07, 6.45) is 5.00. The second-order valence-corrected chi connectivity index (χ2v) is 4.94. The van der Waals surface area contributed by atoms with Crippen molar-refractivity contribution in [2.45, 2.75) is 44.7 Å². The van der Waals surface area contributed by atoms with Crippen LogP contribution >= 0.6 is 0 Å². The zero-order valence-electron chi connectivity index (χ0n) is 10.4. The molecule has 0 radical (unpaired) electrons. The van der Waals surface area contributed by atoms with Crippen molar-refractivity contribution in [1.82, 2.24) is 5.32 Å². The lowest BCUT2D eigenvalue weighted by Crippen LogP contribution is -2.35. The fraction of sp³-hybridized carbons (Fsp3) is 0.571. The lowest BCUT2D eigenvalue weighted by atomic mass is 10.0. The van der Waals surface area contributed by atoms with Gasteiger partial charge in [0.2, 0.25) is 0 Å². The second kappa shape index (κ2) is 5.61. The molecule has 1 aliphatic carbocycles. The van der Waals surface area contributed by atoms with Gasteiger partial charge in [0.15, 0.2) is 0 Å². The molecule has 0 spiro atoms. The number of nitrogens with one attached hydrogen (secondary N) is 1. The Balaban J connectivity index is 2.08. The number of benzene rings is 1. The normalized spacial score (nSPS) is 18.5. The summed E-state index contributed by atoms with van der Waals surface area (Å²) in [4.78, 5) is 0. The lowest BCUT2D eigenvalue weighted by Gasteiger charge is -2.22. The van der Waals surface area contributed by atoms with Gasteiger partial charge in [0.1, 0.15) is 5.82 Å². The first-order chi connectivity index (χ1) is 8.20. The van der Waals surface area contributed by atoms with E-state index in [-0.39, 0.29) is 11.9 Å². The standard InChI is InChI=1S/C14H21FN2/c1-10-6-7-11(8-13(10)15)14(9-16)17-12-4-2-3-5-12/h6-8,12,14,17H,2-5,9,16H2,1H3. The summed E-state index contributed by atoms with van der Waals surface area (Å²) in [6.45, 7) is 2.29. The first-order valence-corrected chi connectivity index (χ1v) is 6.43. The molecule has 0 aliphatic heterocycles. The average molecular weight is 236 g/mol. The molecule has 1 saturated carbocycles. The van der Waals surface area contributed by atoms with Crippen LogP contribution in [0, 0.1) is 12.7 Å². The van der Waals surface area contributed by atoms with Crippen molar-refractivity contribution in [1.29, 1.82) is 0 Å². The molecule has 3 N–H and O–H groups in total. The fourth-order valence-electron chi connectivity index (χ4n) is 2.50. The average Bonchev–Trinajstić information content (AvgIpc) is 2.82. The summed E-state index contributed by atoms with van der Waals surface area (Å²) in [7, 11) is 0. The van der Waals surface area contributed by atoms with Gasteiger partial charge in [-0.1, -0.05) is 25.0 Å². The van der Waals surface area contributed by atoms with Crippen LogP contribution in [0.5, 0.6) is 0 Å². The highest BCUT2D eigenvalue weighted by molar-refractivity contribution is 5.26. The Morgan fingerprint density at radius 3 is 2.71 bits per heavy atom. The molecule has 1 aliphatic rings. The monoisotopic (exact) mass is 236 g/mol. The van der Waals surface area contributed by atoms with Crippen molar-refractivity contribution in [2.24, 2.45) is 5.73 Å². The maximum absolute atomic E-state index is 13.5. The van der Waals surface area contributed by atoms with Gasteiger partial charge in [0.25, 0.3) is 0 Å². The van der Waals surface area contributed by atoms with Crippen LogP contribution < -0.4 is 11.1 Å². The van der Waals surface area contributed by atoms with E-state index in [1.54, 1.807) is 13.0 Å². The molecule has 1 aromatic rings. The number of hydrogen-bond acceptors (Lipinski definition) is 2. The Labute approximate surface area is 102 Å². The van der Waals surface area contributed by atoms with Gasteiger partial charge in [-0.05, 0) is 37.0 Å². The van der Waals surface area contributed by atoms with E-state index in [9.17, 15) is 4.39 Å². The highest BCUT2D eigenvalue weighted by Crippen LogP contribution is 2.22. The highest BCUT2D eigenvalue weighted by Gasteiger charge is 2.19. The maximum Gasteiger partial charge on any atom is 0.126 e. The molecule has 2 nitrogen and oxygen atoms in total. The van der Waals surface area contributed by atoms with Gasteiger partial charge in [-0.3, -0.25) is 0 Å². The minimum Gasteiger partial charge on any atom is -0.329 e. The van der Waals surface area contributed by atoms with Crippen LogP contribution in [0.1, 0.15) is 42.9 Å². The zero-order chi connectivity index (χ0) is 12.3. The third kappa shape index (κ3) is 3.05. The number of halogens is 1. The van der Waals surface area contributed by atoms with Crippen LogP contribution in [-0.2, 0) is 0 Å². The Morgan fingerprint density at radius 2 is 2.12 bits per heavy atom. The van der Waals surface area contributed by atoms with Crippen LogP contribution in [-0.4, -0.2) is 12.6 Å². The van der Waals surface area contributed by atoms with E-state index in [0.29, 0.717) is 18.2 Å². The van der Waals surface area contributed by atoms with E-state index in [1.807, 2.05) is 12.1 Å². The molecule has 0 aromatic heterocycles. The summed E-state index contributed by atoms with van der Waals surface area (Å²) in [6, 6.07) is 6.03. The molecule has 0 heterocycles. The first kappa shape index (κ1) is 12.5. The Hall–Kier alpha value is -0.930. The summed E-state index contributed by atoms with van der Waals surface area (Å²) in [5.74, 6) is -0.144. The molecule has 94 valence electrons. The van der Waals surface area contributed by atoms with Gasteiger partial charge in [-0.2, -0.15) is 0 Å². The third-order valence-corrected chi connectivity index (χ3v) is 3.63. The topological polar surface area (TPSA) is 38.0 Å². The maximum atomic E-state index is 13.5. The lowest BCUT2D eigenvalue weighted by molar-refractivity contribution is 0.443. The van der Waals surface area contributed by atoms with Crippen LogP contribution in [0.3, 0.4) is 0 Å². The van der Waals surface area contributed by atoms with Crippen molar-refractivity contribution in [2.75, 3.05) is 6.54 Å².